The van der Waals surface area contributed by atoms with E-state index >= 15 is 0 Å². The SMILES string of the molecule is CC(CCS(C)=O)NCc1cc(Br)c2c(c1)OCO2. The highest BCUT2D eigenvalue weighted by molar-refractivity contribution is 9.10. The molecule has 0 spiro atoms. The molecule has 106 valence electrons. The third-order valence-corrected chi connectivity index (χ3v) is 4.38. The van der Waals surface area contributed by atoms with Gasteiger partial charge in [0, 0.05) is 35.4 Å². The van der Waals surface area contributed by atoms with Crippen molar-refractivity contribution >= 4 is 26.7 Å². The highest BCUT2D eigenvalue weighted by Gasteiger charge is 2.17. The van der Waals surface area contributed by atoms with Gasteiger partial charge in [-0.25, -0.2) is 0 Å². The maximum atomic E-state index is 11.0. The Kier molecular flexibility index (Phi) is 5.24. The van der Waals surface area contributed by atoms with E-state index in [2.05, 4.69) is 28.2 Å². The zero-order chi connectivity index (χ0) is 13.8. The molecule has 2 atom stereocenters. The summed E-state index contributed by atoms with van der Waals surface area (Å²) in [4.78, 5) is 0. The van der Waals surface area contributed by atoms with Crippen LogP contribution >= 0.6 is 15.9 Å². The van der Waals surface area contributed by atoms with Gasteiger partial charge in [-0.1, -0.05) is 0 Å². The molecule has 0 radical (unpaired) electrons. The molecule has 6 heteroatoms. The third-order valence-electron chi connectivity index (χ3n) is 2.98. The normalized spacial score (nSPS) is 16.4. The first-order valence-electron chi connectivity index (χ1n) is 6.17. The van der Waals surface area contributed by atoms with Crippen molar-refractivity contribution in [2.75, 3.05) is 18.8 Å². The molecule has 1 heterocycles. The molecule has 2 unspecified atom stereocenters. The van der Waals surface area contributed by atoms with E-state index in [1.807, 2.05) is 12.1 Å². The summed E-state index contributed by atoms with van der Waals surface area (Å²) in [6.07, 6.45) is 2.65. The Morgan fingerprint density at radius 2 is 2.26 bits per heavy atom. The number of halogens is 1. The van der Waals surface area contributed by atoms with Gasteiger partial charge in [0.1, 0.15) is 0 Å². The quantitative estimate of drug-likeness (QED) is 0.858. The Hall–Kier alpha value is -0.590. The average molecular weight is 348 g/mol. The Morgan fingerprint density at radius 3 is 3.00 bits per heavy atom. The zero-order valence-electron chi connectivity index (χ0n) is 11.1. The average Bonchev–Trinajstić information content (AvgIpc) is 2.82. The van der Waals surface area contributed by atoms with Gasteiger partial charge < -0.3 is 14.8 Å². The third kappa shape index (κ3) is 4.19. The Labute approximate surface area is 124 Å². The first-order chi connectivity index (χ1) is 9.06. The van der Waals surface area contributed by atoms with E-state index in [-0.39, 0.29) is 6.79 Å². The van der Waals surface area contributed by atoms with Gasteiger partial charge in [0.15, 0.2) is 11.5 Å². The second kappa shape index (κ2) is 6.72. The van der Waals surface area contributed by atoms with Crippen LogP contribution in [0.3, 0.4) is 0 Å². The van der Waals surface area contributed by atoms with E-state index in [4.69, 9.17) is 9.47 Å². The van der Waals surface area contributed by atoms with Crippen LogP contribution in [-0.4, -0.2) is 29.1 Å². The van der Waals surface area contributed by atoms with Crippen molar-refractivity contribution in [3.05, 3.63) is 22.2 Å². The predicted molar refractivity (Wildman–Crippen MR) is 80.1 cm³/mol. The molecule has 0 fully saturated rings. The first-order valence-corrected chi connectivity index (χ1v) is 8.69. The molecular formula is C13H18BrNO3S. The molecule has 1 aromatic rings. The topological polar surface area (TPSA) is 47.6 Å². The lowest BCUT2D eigenvalue weighted by atomic mass is 10.2. The second-order valence-electron chi connectivity index (χ2n) is 4.66. The fourth-order valence-electron chi connectivity index (χ4n) is 1.86. The summed E-state index contributed by atoms with van der Waals surface area (Å²) in [6, 6.07) is 4.36. The molecule has 1 N–H and O–H groups in total. The van der Waals surface area contributed by atoms with Gasteiger partial charge in [-0.3, -0.25) is 4.21 Å². The minimum Gasteiger partial charge on any atom is -0.454 e. The van der Waals surface area contributed by atoms with Crippen LogP contribution in [-0.2, 0) is 17.3 Å². The molecular weight excluding hydrogens is 330 g/mol. The van der Waals surface area contributed by atoms with Crippen molar-refractivity contribution in [3.63, 3.8) is 0 Å². The van der Waals surface area contributed by atoms with Gasteiger partial charge in [0.25, 0.3) is 0 Å². The molecule has 0 aliphatic carbocycles. The molecule has 0 aromatic heterocycles. The van der Waals surface area contributed by atoms with E-state index in [0.717, 1.165) is 40.3 Å². The smallest absolute Gasteiger partial charge is 0.231 e. The van der Waals surface area contributed by atoms with Gasteiger partial charge in [-0.15, -0.1) is 0 Å². The van der Waals surface area contributed by atoms with Gasteiger partial charge in [-0.05, 0) is 47.0 Å². The van der Waals surface area contributed by atoms with Crippen LogP contribution in [0, 0.1) is 0 Å². The zero-order valence-corrected chi connectivity index (χ0v) is 13.5. The van der Waals surface area contributed by atoms with Crippen molar-refractivity contribution < 1.29 is 13.7 Å². The molecule has 0 amide bonds. The van der Waals surface area contributed by atoms with E-state index in [9.17, 15) is 4.21 Å². The van der Waals surface area contributed by atoms with Crippen molar-refractivity contribution in [3.8, 4) is 11.5 Å². The number of nitrogens with one attached hydrogen (secondary N) is 1. The molecule has 4 nitrogen and oxygen atoms in total. The number of hydrogen-bond donors (Lipinski definition) is 1. The number of fused-ring (bicyclic) bond motifs is 1. The summed E-state index contributed by atoms with van der Waals surface area (Å²) >= 11 is 3.48. The standard InChI is InChI=1S/C13H18BrNO3S/c1-9(3-4-19(2)16)15-7-10-5-11(14)13-12(6-10)17-8-18-13/h5-6,9,15H,3-4,7-8H2,1-2H3. The fourth-order valence-corrected chi connectivity index (χ4v) is 3.15. The van der Waals surface area contributed by atoms with Crippen LogP contribution in [0.5, 0.6) is 11.5 Å². The lowest BCUT2D eigenvalue weighted by Gasteiger charge is -2.13. The van der Waals surface area contributed by atoms with Gasteiger partial charge >= 0.3 is 0 Å². The molecule has 0 saturated heterocycles. The lowest BCUT2D eigenvalue weighted by Crippen LogP contribution is -2.26. The summed E-state index contributed by atoms with van der Waals surface area (Å²) < 4.78 is 22.7. The van der Waals surface area contributed by atoms with Crippen molar-refractivity contribution in [1.82, 2.24) is 5.32 Å². The van der Waals surface area contributed by atoms with Crippen molar-refractivity contribution in [1.29, 1.82) is 0 Å². The van der Waals surface area contributed by atoms with Crippen LogP contribution < -0.4 is 14.8 Å². The highest BCUT2D eigenvalue weighted by atomic mass is 79.9. The minimum atomic E-state index is -0.722. The van der Waals surface area contributed by atoms with Crippen LogP contribution in [0.1, 0.15) is 18.9 Å². The van der Waals surface area contributed by atoms with Crippen LogP contribution in [0.2, 0.25) is 0 Å². The summed E-state index contributed by atoms with van der Waals surface area (Å²) in [6.45, 7) is 3.14. The maximum absolute atomic E-state index is 11.0. The van der Waals surface area contributed by atoms with E-state index in [0.29, 0.717) is 6.04 Å². The van der Waals surface area contributed by atoms with Gasteiger partial charge in [-0.2, -0.15) is 0 Å². The lowest BCUT2D eigenvalue weighted by molar-refractivity contribution is 0.173. The molecule has 1 aliphatic heterocycles. The Bertz CT molecular complexity index is 481. The summed E-state index contributed by atoms with van der Waals surface area (Å²) in [5.41, 5.74) is 1.14. The van der Waals surface area contributed by atoms with Crippen molar-refractivity contribution in [2.45, 2.75) is 25.9 Å². The molecule has 0 saturated carbocycles. The molecule has 2 rings (SSSR count). The number of rotatable bonds is 6. The fraction of sp³-hybridized carbons (Fsp3) is 0.538. The van der Waals surface area contributed by atoms with Crippen LogP contribution in [0.15, 0.2) is 16.6 Å². The predicted octanol–water partition coefficient (Wildman–Crippen LogP) is 2.42. The Morgan fingerprint density at radius 1 is 1.47 bits per heavy atom. The number of benzene rings is 1. The molecule has 0 bridgehead atoms. The van der Waals surface area contributed by atoms with Gasteiger partial charge in [0.05, 0.1) is 4.47 Å². The van der Waals surface area contributed by atoms with Crippen LogP contribution in [0.4, 0.5) is 0 Å². The van der Waals surface area contributed by atoms with E-state index in [1.165, 1.54) is 0 Å². The van der Waals surface area contributed by atoms with Crippen molar-refractivity contribution in [2.24, 2.45) is 0 Å². The van der Waals surface area contributed by atoms with Gasteiger partial charge in [0.2, 0.25) is 6.79 Å². The maximum Gasteiger partial charge on any atom is 0.231 e. The monoisotopic (exact) mass is 347 g/mol. The second-order valence-corrected chi connectivity index (χ2v) is 7.07. The molecule has 19 heavy (non-hydrogen) atoms. The molecule has 1 aliphatic rings. The Balaban J connectivity index is 1.89. The van der Waals surface area contributed by atoms with E-state index < -0.39 is 10.8 Å². The summed E-state index contributed by atoms with van der Waals surface area (Å²) in [7, 11) is -0.722. The largest absolute Gasteiger partial charge is 0.454 e. The minimum absolute atomic E-state index is 0.281. The molecule has 1 aromatic carbocycles. The van der Waals surface area contributed by atoms with Crippen LogP contribution in [0.25, 0.3) is 0 Å². The summed E-state index contributed by atoms with van der Waals surface area (Å²) in [5, 5.41) is 3.42. The summed E-state index contributed by atoms with van der Waals surface area (Å²) in [5.74, 6) is 2.30. The van der Waals surface area contributed by atoms with E-state index in [1.54, 1.807) is 6.26 Å². The first kappa shape index (κ1) is 14.8. The highest BCUT2D eigenvalue weighted by Crippen LogP contribution is 2.39. The number of ether oxygens (including phenoxy) is 2. The number of hydrogen-bond acceptors (Lipinski definition) is 4.